The second kappa shape index (κ2) is 6.22. The molecule has 0 aliphatic carbocycles. The molecule has 1 aromatic heterocycles. The molecule has 1 aliphatic rings. The predicted octanol–water partition coefficient (Wildman–Crippen LogP) is 2.03. The highest BCUT2D eigenvalue weighted by molar-refractivity contribution is 9.10. The number of nitrogens with one attached hydrogen (secondary N) is 1. The van der Waals surface area contributed by atoms with Gasteiger partial charge in [-0.25, -0.2) is 0 Å². The van der Waals surface area contributed by atoms with Gasteiger partial charge in [-0.3, -0.25) is 9.48 Å². The molecule has 2 heterocycles. The topological polar surface area (TPSA) is 50.2 Å². The van der Waals surface area contributed by atoms with Crippen molar-refractivity contribution in [2.24, 2.45) is 7.05 Å². The fourth-order valence-electron chi connectivity index (χ4n) is 2.96. The number of rotatable bonds is 3. The molecular formula is C16H19BrN4O. The fraction of sp³-hybridized carbons (Fsp3) is 0.375. The number of aryl methyl sites for hydroxylation is 1. The summed E-state index contributed by atoms with van der Waals surface area (Å²) in [7, 11) is 3.67. The quantitative estimate of drug-likeness (QED) is 0.908. The molecular weight excluding hydrogens is 344 g/mol. The lowest BCUT2D eigenvalue weighted by atomic mass is 9.98. The number of hydrogen-bond acceptors (Lipinski definition) is 3. The molecule has 5 nitrogen and oxygen atoms in total. The van der Waals surface area contributed by atoms with Gasteiger partial charge in [0, 0.05) is 36.4 Å². The lowest BCUT2D eigenvalue weighted by Gasteiger charge is -2.32. The molecule has 0 radical (unpaired) electrons. The van der Waals surface area contributed by atoms with Crippen LogP contribution in [-0.2, 0) is 24.8 Å². The van der Waals surface area contributed by atoms with Crippen LogP contribution in [-0.4, -0.2) is 34.2 Å². The van der Waals surface area contributed by atoms with Crippen molar-refractivity contribution >= 4 is 21.8 Å². The minimum absolute atomic E-state index is 0.0983. The highest BCUT2D eigenvalue weighted by Gasteiger charge is 2.28. The van der Waals surface area contributed by atoms with Crippen molar-refractivity contribution in [1.29, 1.82) is 0 Å². The van der Waals surface area contributed by atoms with Crippen LogP contribution >= 0.6 is 15.9 Å². The van der Waals surface area contributed by atoms with Crippen LogP contribution < -0.4 is 5.32 Å². The summed E-state index contributed by atoms with van der Waals surface area (Å²) in [6, 6.07) is 5.83. The second-order valence-electron chi connectivity index (χ2n) is 5.56. The summed E-state index contributed by atoms with van der Waals surface area (Å²) in [5.74, 6) is 0.0983. The van der Waals surface area contributed by atoms with Crippen LogP contribution in [0.2, 0.25) is 0 Å². The summed E-state index contributed by atoms with van der Waals surface area (Å²) in [6.07, 6.45) is 4.51. The van der Waals surface area contributed by atoms with Crippen molar-refractivity contribution in [3.8, 4) is 0 Å². The first-order valence-electron chi connectivity index (χ1n) is 7.31. The van der Waals surface area contributed by atoms with Gasteiger partial charge in [0.25, 0.3) is 0 Å². The van der Waals surface area contributed by atoms with E-state index in [2.05, 4.69) is 38.5 Å². The molecule has 0 fully saturated rings. The molecule has 1 amide bonds. The number of carbonyl (C=O) groups excluding carboxylic acids is 1. The maximum Gasteiger partial charge on any atom is 0.244 e. The monoisotopic (exact) mass is 362 g/mol. The Morgan fingerprint density at radius 3 is 2.95 bits per heavy atom. The average Bonchev–Trinajstić information content (AvgIpc) is 2.94. The molecule has 2 aromatic rings. The molecule has 0 saturated carbocycles. The Morgan fingerprint density at radius 2 is 2.27 bits per heavy atom. The SMILES string of the molecule is CNC(C(=O)N1CCc2c(Br)cccc2C1)c1cnn(C)c1. The third kappa shape index (κ3) is 2.80. The van der Waals surface area contributed by atoms with Gasteiger partial charge in [0.1, 0.15) is 6.04 Å². The van der Waals surface area contributed by atoms with Crippen LogP contribution in [0.4, 0.5) is 0 Å². The summed E-state index contributed by atoms with van der Waals surface area (Å²) in [6.45, 7) is 1.40. The van der Waals surface area contributed by atoms with Crippen LogP contribution in [0, 0.1) is 0 Å². The van der Waals surface area contributed by atoms with Crippen LogP contribution in [0.1, 0.15) is 22.7 Å². The van der Waals surface area contributed by atoms with Crippen molar-refractivity contribution in [2.75, 3.05) is 13.6 Å². The first kappa shape index (κ1) is 15.2. The number of benzene rings is 1. The zero-order chi connectivity index (χ0) is 15.7. The molecule has 22 heavy (non-hydrogen) atoms. The fourth-order valence-corrected chi connectivity index (χ4v) is 3.56. The van der Waals surface area contributed by atoms with E-state index in [4.69, 9.17) is 0 Å². The summed E-state index contributed by atoms with van der Waals surface area (Å²) in [5.41, 5.74) is 3.43. The number of halogens is 1. The van der Waals surface area contributed by atoms with Gasteiger partial charge in [-0.15, -0.1) is 0 Å². The maximum atomic E-state index is 12.8. The molecule has 1 N–H and O–H groups in total. The third-order valence-corrected chi connectivity index (χ3v) is 4.86. The molecule has 1 aliphatic heterocycles. The number of amides is 1. The van der Waals surface area contributed by atoms with Gasteiger partial charge in [-0.1, -0.05) is 28.1 Å². The molecule has 0 saturated heterocycles. The highest BCUT2D eigenvalue weighted by atomic mass is 79.9. The van der Waals surface area contributed by atoms with E-state index >= 15 is 0 Å². The predicted molar refractivity (Wildman–Crippen MR) is 88.3 cm³/mol. The van der Waals surface area contributed by atoms with Crippen LogP contribution in [0.5, 0.6) is 0 Å². The zero-order valence-electron chi connectivity index (χ0n) is 12.7. The molecule has 0 spiro atoms. The number of fused-ring (bicyclic) bond motifs is 1. The van der Waals surface area contributed by atoms with Crippen LogP contribution in [0.15, 0.2) is 35.1 Å². The van der Waals surface area contributed by atoms with Gasteiger partial charge < -0.3 is 10.2 Å². The van der Waals surface area contributed by atoms with E-state index < -0.39 is 0 Å². The van der Waals surface area contributed by atoms with Crippen molar-refractivity contribution in [1.82, 2.24) is 20.0 Å². The number of carbonyl (C=O) groups is 1. The molecule has 1 atom stereocenters. The molecule has 1 aromatic carbocycles. The van der Waals surface area contributed by atoms with E-state index in [1.807, 2.05) is 31.3 Å². The molecule has 1 unspecified atom stereocenters. The Bertz CT molecular complexity index is 697. The Labute approximate surface area is 138 Å². The first-order valence-corrected chi connectivity index (χ1v) is 8.10. The van der Waals surface area contributed by atoms with Gasteiger partial charge in [-0.2, -0.15) is 5.10 Å². The second-order valence-corrected chi connectivity index (χ2v) is 6.41. The number of hydrogen-bond donors (Lipinski definition) is 1. The van der Waals surface area contributed by atoms with Crippen LogP contribution in [0.3, 0.4) is 0 Å². The zero-order valence-corrected chi connectivity index (χ0v) is 14.3. The van der Waals surface area contributed by atoms with E-state index in [0.717, 1.165) is 23.0 Å². The Morgan fingerprint density at radius 1 is 1.45 bits per heavy atom. The minimum atomic E-state index is -0.345. The van der Waals surface area contributed by atoms with E-state index in [-0.39, 0.29) is 11.9 Å². The molecule has 116 valence electrons. The van der Waals surface area contributed by atoms with E-state index in [0.29, 0.717) is 6.54 Å². The van der Waals surface area contributed by atoms with E-state index in [1.165, 1.54) is 11.1 Å². The van der Waals surface area contributed by atoms with Gasteiger partial charge >= 0.3 is 0 Å². The summed E-state index contributed by atoms with van der Waals surface area (Å²) < 4.78 is 2.85. The van der Waals surface area contributed by atoms with Gasteiger partial charge in [-0.05, 0) is 30.7 Å². The number of nitrogens with zero attached hydrogens (tertiary/aromatic N) is 3. The maximum absolute atomic E-state index is 12.8. The van der Waals surface area contributed by atoms with Crippen LogP contribution in [0.25, 0.3) is 0 Å². The molecule has 6 heteroatoms. The van der Waals surface area contributed by atoms with Crippen molar-refractivity contribution in [3.63, 3.8) is 0 Å². The average molecular weight is 363 g/mol. The van der Waals surface area contributed by atoms with Gasteiger partial charge in [0.2, 0.25) is 5.91 Å². The first-order chi connectivity index (χ1) is 10.6. The van der Waals surface area contributed by atoms with Crippen molar-refractivity contribution < 1.29 is 4.79 Å². The normalized spacial score (nSPS) is 15.5. The van der Waals surface area contributed by atoms with Gasteiger partial charge in [0.05, 0.1) is 6.20 Å². The largest absolute Gasteiger partial charge is 0.336 e. The van der Waals surface area contributed by atoms with Crippen molar-refractivity contribution in [3.05, 3.63) is 51.8 Å². The Hall–Kier alpha value is -1.66. The highest BCUT2D eigenvalue weighted by Crippen LogP contribution is 2.27. The Kier molecular flexibility index (Phi) is 4.31. The third-order valence-electron chi connectivity index (χ3n) is 4.11. The standard InChI is InChI=1S/C16H19BrN4O/c1-18-15(12-8-19-20(2)9-12)16(22)21-7-6-13-11(10-21)4-3-5-14(13)17/h3-5,8-9,15,18H,6-7,10H2,1-2H3. The van der Waals surface area contributed by atoms with E-state index in [9.17, 15) is 4.79 Å². The molecule has 0 bridgehead atoms. The van der Waals surface area contributed by atoms with Gasteiger partial charge in [0.15, 0.2) is 0 Å². The number of likely N-dealkylation sites (N-methyl/N-ethyl adjacent to an activating group) is 1. The lowest BCUT2D eigenvalue weighted by molar-refractivity contribution is -0.134. The lowest BCUT2D eigenvalue weighted by Crippen LogP contribution is -2.42. The number of aromatic nitrogens is 2. The van der Waals surface area contributed by atoms with E-state index in [1.54, 1.807) is 10.9 Å². The Balaban J connectivity index is 1.81. The smallest absolute Gasteiger partial charge is 0.244 e. The summed E-state index contributed by atoms with van der Waals surface area (Å²) in [4.78, 5) is 14.8. The van der Waals surface area contributed by atoms with Crippen molar-refractivity contribution in [2.45, 2.75) is 19.0 Å². The molecule has 3 rings (SSSR count). The summed E-state index contributed by atoms with van der Waals surface area (Å²) >= 11 is 3.59. The minimum Gasteiger partial charge on any atom is -0.336 e. The summed E-state index contributed by atoms with van der Waals surface area (Å²) in [5, 5.41) is 7.27.